The fourth-order valence-corrected chi connectivity index (χ4v) is 5.34. The first kappa shape index (κ1) is 16.6. The molecule has 2 aliphatic carbocycles. The van der Waals surface area contributed by atoms with Gasteiger partial charge >= 0.3 is 5.97 Å². The lowest BCUT2D eigenvalue weighted by Crippen LogP contribution is -2.53. The number of ether oxygens (including phenoxy) is 1. The van der Waals surface area contributed by atoms with E-state index in [0.717, 1.165) is 24.1 Å². The van der Waals surface area contributed by atoms with Crippen molar-refractivity contribution in [2.24, 2.45) is 21.7 Å². The van der Waals surface area contributed by atoms with Crippen LogP contribution in [0.15, 0.2) is 48.0 Å². The lowest BCUT2D eigenvalue weighted by Gasteiger charge is -2.42. The molecular weight excluding hydrogens is 310 g/mol. The number of esters is 1. The van der Waals surface area contributed by atoms with Gasteiger partial charge in [0.2, 0.25) is 0 Å². The number of nitrogens with zero attached hydrogens (tertiary/aromatic N) is 1. The standard InChI is InChI=1S/C22H27NO2/c1-5-12-22(14-15-9-7-6-8-10-15)19(24)25-18-17(23-22)16-11-13-21(18,4)20(16,2)3/h5-10,16,18H,1,11-14H2,2-4H3/t16-,18-,21+,22-/m1/s1. The third-order valence-corrected chi connectivity index (χ3v) is 7.27. The highest BCUT2D eigenvalue weighted by Gasteiger charge is 2.68. The summed E-state index contributed by atoms with van der Waals surface area (Å²) in [7, 11) is 0. The van der Waals surface area contributed by atoms with Crippen LogP contribution < -0.4 is 0 Å². The molecule has 1 aromatic carbocycles. The molecule has 0 radical (unpaired) electrons. The highest BCUT2D eigenvalue weighted by Crippen LogP contribution is 2.66. The summed E-state index contributed by atoms with van der Waals surface area (Å²) in [6.07, 6.45) is 4.98. The Kier molecular flexibility index (Phi) is 3.51. The summed E-state index contributed by atoms with van der Waals surface area (Å²) in [6.45, 7) is 10.8. The molecule has 0 amide bonds. The van der Waals surface area contributed by atoms with Gasteiger partial charge in [-0.25, -0.2) is 4.79 Å². The summed E-state index contributed by atoms with van der Waals surface area (Å²) in [6, 6.07) is 10.1. The molecule has 1 aliphatic heterocycles. The van der Waals surface area contributed by atoms with Crippen LogP contribution in [-0.4, -0.2) is 23.3 Å². The third-order valence-electron chi connectivity index (χ3n) is 7.27. The van der Waals surface area contributed by atoms with Crippen LogP contribution in [0.1, 0.15) is 45.6 Å². The van der Waals surface area contributed by atoms with Gasteiger partial charge in [-0.2, -0.15) is 0 Å². The predicted molar refractivity (Wildman–Crippen MR) is 99.6 cm³/mol. The zero-order chi connectivity index (χ0) is 17.9. The second-order valence-corrected chi connectivity index (χ2v) is 8.74. The van der Waals surface area contributed by atoms with Gasteiger partial charge in [-0.05, 0) is 23.8 Å². The highest BCUT2D eigenvalue weighted by molar-refractivity contribution is 6.02. The monoisotopic (exact) mass is 337 g/mol. The zero-order valence-electron chi connectivity index (χ0n) is 15.4. The highest BCUT2D eigenvalue weighted by atomic mass is 16.6. The maximum Gasteiger partial charge on any atom is 0.335 e. The van der Waals surface area contributed by atoms with E-state index in [2.05, 4.69) is 39.5 Å². The van der Waals surface area contributed by atoms with Crippen LogP contribution in [0.3, 0.4) is 0 Å². The molecule has 132 valence electrons. The van der Waals surface area contributed by atoms with Gasteiger partial charge in [-0.3, -0.25) is 4.99 Å². The van der Waals surface area contributed by atoms with Crippen LogP contribution >= 0.6 is 0 Å². The quantitative estimate of drug-likeness (QED) is 0.604. The summed E-state index contributed by atoms with van der Waals surface area (Å²) < 4.78 is 6.11. The van der Waals surface area contributed by atoms with Gasteiger partial charge in [-0.15, -0.1) is 6.58 Å². The SMILES string of the molecule is C=CC[C@]1(Cc2ccccc2)N=C2[C@H]3CC[C@@](C)([C@@H]2OC1=O)C3(C)C. The van der Waals surface area contributed by atoms with Gasteiger partial charge in [0.1, 0.15) is 6.10 Å². The predicted octanol–water partition coefficient (Wildman–Crippen LogP) is 4.37. The average Bonchev–Trinajstić information content (AvgIpc) is 2.89. The largest absolute Gasteiger partial charge is 0.454 e. The number of carbonyl (C=O) groups excluding carboxylic acids is 1. The van der Waals surface area contributed by atoms with Crippen LogP contribution in [0.4, 0.5) is 0 Å². The van der Waals surface area contributed by atoms with E-state index in [-0.39, 0.29) is 22.9 Å². The van der Waals surface area contributed by atoms with E-state index in [9.17, 15) is 4.79 Å². The summed E-state index contributed by atoms with van der Waals surface area (Å²) in [5.41, 5.74) is 1.49. The molecule has 25 heavy (non-hydrogen) atoms. The van der Waals surface area contributed by atoms with Gasteiger partial charge < -0.3 is 4.74 Å². The van der Waals surface area contributed by atoms with E-state index in [1.165, 1.54) is 0 Å². The Balaban J connectivity index is 1.79. The smallest absolute Gasteiger partial charge is 0.335 e. The van der Waals surface area contributed by atoms with Crippen molar-refractivity contribution in [2.75, 3.05) is 0 Å². The van der Waals surface area contributed by atoms with E-state index >= 15 is 0 Å². The van der Waals surface area contributed by atoms with Crippen molar-refractivity contribution in [3.8, 4) is 0 Å². The molecule has 0 unspecified atom stereocenters. The van der Waals surface area contributed by atoms with E-state index in [1.54, 1.807) is 6.08 Å². The van der Waals surface area contributed by atoms with Crippen LogP contribution in [0.5, 0.6) is 0 Å². The molecule has 3 heteroatoms. The van der Waals surface area contributed by atoms with E-state index in [1.807, 2.05) is 18.2 Å². The molecule has 4 atom stereocenters. The summed E-state index contributed by atoms with van der Waals surface area (Å²) in [5, 5.41) is 0. The molecule has 1 heterocycles. The van der Waals surface area contributed by atoms with Gasteiger partial charge in [0, 0.05) is 24.2 Å². The van der Waals surface area contributed by atoms with Gasteiger partial charge in [0.25, 0.3) is 0 Å². The number of rotatable bonds is 4. The second-order valence-electron chi connectivity index (χ2n) is 8.74. The Hall–Kier alpha value is -1.90. The van der Waals surface area contributed by atoms with Crippen molar-refractivity contribution in [3.63, 3.8) is 0 Å². The fraction of sp³-hybridized carbons (Fsp3) is 0.545. The van der Waals surface area contributed by atoms with E-state index < -0.39 is 5.54 Å². The van der Waals surface area contributed by atoms with Gasteiger partial charge in [-0.1, -0.05) is 57.2 Å². The first-order chi connectivity index (χ1) is 11.8. The van der Waals surface area contributed by atoms with Crippen molar-refractivity contribution < 1.29 is 9.53 Å². The van der Waals surface area contributed by atoms with Gasteiger partial charge in [0.05, 0.1) is 5.71 Å². The number of benzene rings is 1. The van der Waals surface area contributed by atoms with Crippen molar-refractivity contribution in [1.29, 1.82) is 0 Å². The fourth-order valence-electron chi connectivity index (χ4n) is 5.34. The maximum atomic E-state index is 13.1. The number of aliphatic imine (C=N–C) groups is 1. The number of hydrogen-bond donors (Lipinski definition) is 0. The lowest BCUT2D eigenvalue weighted by atomic mass is 9.70. The molecule has 2 saturated carbocycles. The van der Waals surface area contributed by atoms with Crippen LogP contribution in [-0.2, 0) is 16.0 Å². The minimum atomic E-state index is -0.855. The molecule has 2 bridgehead atoms. The van der Waals surface area contributed by atoms with Crippen LogP contribution in [0.25, 0.3) is 0 Å². The minimum Gasteiger partial charge on any atom is -0.454 e. The molecule has 4 rings (SSSR count). The Morgan fingerprint density at radius 1 is 1.28 bits per heavy atom. The van der Waals surface area contributed by atoms with Crippen molar-refractivity contribution in [3.05, 3.63) is 48.6 Å². The Bertz CT molecular complexity index is 751. The first-order valence-corrected chi connectivity index (χ1v) is 9.30. The normalized spacial score (nSPS) is 38.0. The topological polar surface area (TPSA) is 38.7 Å². The second kappa shape index (κ2) is 5.30. The molecule has 2 fully saturated rings. The van der Waals surface area contributed by atoms with Crippen LogP contribution in [0, 0.1) is 16.7 Å². The van der Waals surface area contributed by atoms with Crippen molar-refractivity contribution in [2.45, 2.75) is 58.1 Å². The van der Waals surface area contributed by atoms with Crippen molar-refractivity contribution in [1.82, 2.24) is 0 Å². The van der Waals surface area contributed by atoms with Gasteiger partial charge in [0.15, 0.2) is 5.54 Å². The molecule has 0 saturated heterocycles. The molecule has 0 spiro atoms. The van der Waals surface area contributed by atoms with E-state index in [4.69, 9.17) is 9.73 Å². The maximum absolute atomic E-state index is 13.1. The summed E-state index contributed by atoms with van der Waals surface area (Å²) in [5.74, 6) is 0.227. The summed E-state index contributed by atoms with van der Waals surface area (Å²) in [4.78, 5) is 18.2. The Morgan fingerprint density at radius 2 is 2.00 bits per heavy atom. The molecule has 1 aromatic rings. The molecular formula is C22H27NO2. The van der Waals surface area contributed by atoms with Crippen molar-refractivity contribution >= 4 is 11.7 Å². The number of fused-ring (bicyclic) bond motifs is 5. The lowest BCUT2D eigenvalue weighted by molar-refractivity contribution is -0.160. The minimum absolute atomic E-state index is 0.000748. The average molecular weight is 337 g/mol. The summed E-state index contributed by atoms with van der Waals surface area (Å²) >= 11 is 0. The third kappa shape index (κ3) is 2.11. The molecule has 3 nitrogen and oxygen atoms in total. The Labute approximate surface area is 150 Å². The number of carbonyl (C=O) groups is 1. The molecule has 3 aliphatic rings. The molecule has 0 aromatic heterocycles. The number of hydrogen-bond acceptors (Lipinski definition) is 3. The molecule has 0 N–H and O–H groups in total. The Morgan fingerprint density at radius 3 is 2.68 bits per heavy atom. The van der Waals surface area contributed by atoms with E-state index in [0.29, 0.717) is 18.8 Å². The van der Waals surface area contributed by atoms with Crippen LogP contribution in [0.2, 0.25) is 0 Å². The zero-order valence-corrected chi connectivity index (χ0v) is 15.4. The first-order valence-electron chi connectivity index (χ1n) is 9.30.